The molecule has 0 radical (unpaired) electrons. The number of aliphatic imine (C=N–C) groups is 1. The second-order valence-corrected chi connectivity index (χ2v) is 8.90. The van der Waals surface area contributed by atoms with Crippen molar-refractivity contribution in [3.63, 3.8) is 0 Å². The summed E-state index contributed by atoms with van der Waals surface area (Å²) in [6.45, 7) is 10.1. The number of rotatable bonds is 7. The summed E-state index contributed by atoms with van der Waals surface area (Å²) in [5.74, 6) is 1.15. The summed E-state index contributed by atoms with van der Waals surface area (Å²) in [7, 11) is 0. The van der Waals surface area contributed by atoms with Gasteiger partial charge in [0.05, 0.1) is 11.3 Å². The lowest BCUT2D eigenvalue weighted by molar-refractivity contribution is 0.0737. The van der Waals surface area contributed by atoms with Gasteiger partial charge in [0, 0.05) is 5.39 Å². The molecule has 0 aliphatic rings. The Hall–Kier alpha value is -4.18. The first-order valence-electron chi connectivity index (χ1n) is 11.7. The van der Waals surface area contributed by atoms with Crippen LogP contribution >= 0.6 is 0 Å². The summed E-state index contributed by atoms with van der Waals surface area (Å²) in [5, 5.41) is 1.58. The van der Waals surface area contributed by atoms with Crippen LogP contribution in [0, 0.1) is 0 Å². The van der Waals surface area contributed by atoms with E-state index in [0.717, 1.165) is 10.8 Å². The molecule has 0 bridgehead atoms. The number of amidine groups is 1. The third kappa shape index (κ3) is 5.33. The minimum atomic E-state index is -0.414. The molecule has 2 atom stereocenters. The number of nitrogens with two attached hydrogens (primary N) is 1. The number of benzene rings is 4. The van der Waals surface area contributed by atoms with Crippen molar-refractivity contribution >= 4 is 28.3 Å². The average Bonchev–Trinajstić information content (AvgIpc) is 2.88. The minimum absolute atomic E-state index is 0.325. The molecule has 2 N–H and O–H groups in total. The molecular weight excluding hydrogens is 432 g/mol. The zero-order valence-corrected chi connectivity index (χ0v) is 20.4. The number of carbonyl (C=O) groups excluding carboxylic acids is 1. The van der Waals surface area contributed by atoms with Gasteiger partial charge in [-0.15, -0.1) is 0 Å². The SMILES string of the molecule is C=C(C)C(N)=Nc1ccc(C(=O)Oc2ccc([C@H](C)[C@H](C)c3ccccc3)cc2)c2ccccc12. The van der Waals surface area contributed by atoms with Gasteiger partial charge < -0.3 is 10.5 Å². The molecule has 0 aliphatic heterocycles. The van der Waals surface area contributed by atoms with Crippen LogP contribution in [0.3, 0.4) is 0 Å². The molecule has 0 saturated carbocycles. The molecule has 4 aromatic carbocycles. The van der Waals surface area contributed by atoms with Crippen molar-refractivity contribution in [1.29, 1.82) is 0 Å². The number of ether oxygens (including phenoxy) is 1. The first kappa shape index (κ1) is 24.0. The van der Waals surface area contributed by atoms with Gasteiger partial charge in [0.1, 0.15) is 11.6 Å². The quantitative estimate of drug-likeness (QED) is 0.134. The highest BCUT2D eigenvalue weighted by atomic mass is 16.5. The molecule has 4 heteroatoms. The Labute approximate surface area is 206 Å². The van der Waals surface area contributed by atoms with Gasteiger partial charge in [0.25, 0.3) is 0 Å². The lowest BCUT2D eigenvalue weighted by atomic mass is 9.84. The van der Waals surface area contributed by atoms with E-state index in [1.54, 1.807) is 19.1 Å². The van der Waals surface area contributed by atoms with E-state index in [2.05, 4.69) is 49.7 Å². The van der Waals surface area contributed by atoms with Gasteiger partial charge in [0.2, 0.25) is 0 Å². The number of nitrogens with zero attached hydrogens (tertiary/aromatic N) is 1. The summed E-state index contributed by atoms with van der Waals surface area (Å²) in [6, 6.07) is 29.4. The summed E-state index contributed by atoms with van der Waals surface area (Å²) in [5.41, 5.74) is 10.3. The molecule has 0 heterocycles. The van der Waals surface area contributed by atoms with Crippen LogP contribution in [-0.2, 0) is 0 Å². The fourth-order valence-corrected chi connectivity index (χ4v) is 4.12. The van der Waals surface area contributed by atoms with Crippen LogP contribution in [-0.4, -0.2) is 11.8 Å². The van der Waals surface area contributed by atoms with E-state index in [1.165, 1.54) is 11.1 Å². The number of hydrogen-bond acceptors (Lipinski definition) is 3. The van der Waals surface area contributed by atoms with E-state index in [9.17, 15) is 4.79 Å². The highest BCUT2D eigenvalue weighted by Crippen LogP contribution is 2.33. The van der Waals surface area contributed by atoms with Crippen LogP contribution in [0.2, 0.25) is 0 Å². The van der Waals surface area contributed by atoms with Gasteiger partial charge in [-0.2, -0.15) is 0 Å². The molecule has 4 aromatic rings. The van der Waals surface area contributed by atoms with Crippen molar-refractivity contribution in [3.8, 4) is 5.75 Å². The van der Waals surface area contributed by atoms with E-state index >= 15 is 0 Å². The van der Waals surface area contributed by atoms with Crippen LogP contribution in [0.1, 0.15) is 54.1 Å². The molecule has 4 nitrogen and oxygen atoms in total. The summed E-state index contributed by atoms with van der Waals surface area (Å²) in [6.07, 6.45) is 0. The van der Waals surface area contributed by atoms with Gasteiger partial charge in [-0.05, 0) is 65.1 Å². The Morgan fingerprint density at radius 1 is 0.800 bits per heavy atom. The van der Waals surface area contributed by atoms with Crippen molar-refractivity contribution in [1.82, 2.24) is 0 Å². The van der Waals surface area contributed by atoms with E-state index < -0.39 is 5.97 Å². The number of carbonyl (C=O) groups is 1. The molecule has 0 spiro atoms. The Kier molecular flexibility index (Phi) is 7.11. The fourth-order valence-electron chi connectivity index (χ4n) is 4.12. The lowest BCUT2D eigenvalue weighted by Gasteiger charge is -2.21. The van der Waals surface area contributed by atoms with E-state index in [-0.39, 0.29) is 0 Å². The maximum Gasteiger partial charge on any atom is 0.344 e. The van der Waals surface area contributed by atoms with Crippen LogP contribution in [0.25, 0.3) is 10.8 Å². The Morgan fingerprint density at radius 3 is 2.00 bits per heavy atom. The molecule has 35 heavy (non-hydrogen) atoms. The minimum Gasteiger partial charge on any atom is -0.423 e. The number of esters is 1. The van der Waals surface area contributed by atoms with Crippen molar-refractivity contribution in [2.45, 2.75) is 32.6 Å². The highest BCUT2D eigenvalue weighted by molar-refractivity contribution is 6.09. The second-order valence-electron chi connectivity index (χ2n) is 8.90. The van der Waals surface area contributed by atoms with Crippen molar-refractivity contribution < 1.29 is 9.53 Å². The smallest absolute Gasteiger partial charge is 0.344 e. The predicted octanol–water partition coefficient (Wildman–Crippen LogP) is 7.53. The lowest BCUT2D eigenvalue weighted by Crippen LogP contribution is -2.12. The van der Waals surface area contributed by atoms with Gasteiger partial charge in [-0.1, -0.05) is 87.2 Å². The Morgan fingerprint density at radius 2 is 1.37 bits per heavy atom. The van der Waals surface area contributed by atoms with Gasteiger partial charge >= 0.3 is 5.97 Å². The van der Waals surface area contributed by atoms with E-state index in [4.69, 9.17) is 10.5 Å². The second kappa shape index (κ2) is 10.4. The topological polar surface area (TPSA) is 64.7 Å². The maximum atomic E-state index is 13.1. The monoisotopic (exact) mass is 462 g/mol. The maximum absolute atomic E-state index is 13.1. The van der Waals surface area contributed by atoms with Crippen LogP contribution in [0.5, 0.6) is 5.75 Å². The van der Waals surface area contributed by atoms with E-state index in [1.807, 2.05) is 54.6 Å². The predicted molar refractivity (Wildman–Crippen MR) is 145 cm³/mol. The van der Waals surface area contributed by atoms with E-state index in [0.29, 0.717) is 40.2 Å². The van der Waals surface area contributed by atoms with Crippen molar-refractivity contribution in [3.05, 3.63) is 120 Å². The van der Waals surface area contributed by atoms with Gasteiger partial charge in [-0.3, -0.25) is 0 Å². The zero-order valence-electron chi connectivity index (χ0n) is 20.4. The summed E-state index contributed by atoms with van der Waals surface area (Å²) < 4.78 is 5.73. The third-order valence-corrected chi connectivity index (χ3v) is 6.49. The first-order valence-corrected chi connectivity index (χ1v) is 11.7. The highest BCUT2D eigenvalue weighted by Gasteiger charge is 2.18. The molecule has 176 valence electrons. The molecule has 0 saturated heterocycles. The molecule has 0 amide bonds. The molecular formula is C31H30N2O2. The zero-order chi connectivity index (χ0) is 24.9. The summed E-state index contributed by atoms with van der Waals surface area (Å²) in [4.78, 5) is 17.6. The normalized spacial score (nSPS) is 13.3. The molecule has 0 fully saturated rings. The van der Waals surface area contributed by atoms with Crippen LogP contribution in [0.15, 0.2) is 108 Å². The number of fused-ring (bicyclic) bond motifs is 1. The van der Waals surface area contributed by atoms with Crippen molar-refractivity contribution in [2.75, 3.05) is 0 Å². The molecule has 0 aromatic heterocycles. The van der Waals surface area contributed by atoms with Crippen LogP contribution in [0.4, 0.5) is 5.69 Å². The Balaban J connectivity index is 1.55. The van der Waals surface area contributed by atoms with Gasteiger partial charge in [-0.25, -0.2) is 9.79 Å². The fraction of sp³-hybridized carbons (Fsp3) is 0.161. The van der Waals surface area contributed by atoms with Gasteiger partial charge in [0.15, 0.2) is 0 Å². The first-order chi connectivity index (χ1) is 16.8. The largest absolute Gasteiger partial charge is 0.423 e. The third-order valence-electron chi connectivity index (χ3n) is 6.49. The molecule has 4 rings (SSSR count). The summed E-state index contributed by atoms with van der Waals surface area (Å²) >= 11 is 0. The average molecular weight is 463 g/mol. The number of hydrogen-bond donors (Lipinski definition) is 1. The Bertz CT molecular complexity index is 1390. The molecule has 0 aliphatic carbocycles. The van der Waals surface area contributed by atoms with Crippen molar-refractivity contribution in [2.24, 2.45) is 10.7 Å². The van der Waals surface area contributed by atoms with Crippen LogP contribution < -0.4 is 10.5 Å². The molecule has 0 unspecified atom stereocenters. The standard InChI is InChI=1S/C31H30N2O2/c1-20(2)30(32)33-29-19-18-28(26-12-8-9-13-27(26)29)31(34)35-25-16-14-24(15-17-25)22(4)21(3)23-10-6-5-7-11-23/h5-19,21-22H,1H2,2-4H3,(H2,32,33)/t21-,22+/m0/s1.